The molecule has 0 saturated heterocycles. The van der Waals surface area contributed by atoms with E-state index in [2.05, 4.69) is 122 Å². The van der Waals surface area contributed by atoms with Gasteiger partial charge in [0.25, 0.3) is 0 Å². The molecule has 5 aromatic rings. The summed E-state index contributed by atoms with van der Waals surface area (Å²) in [6.45, 7) is 4.75. The fraction of sp³-hybridized carbons (Fsp3) is 0.0968. The number of anilines is 3. The van der Waals surface area contributed by atoms with Gasteiger partial charge < -0.3 is 4.90 Å². The van der Waals surface area contributed by atoms with Crippen molar-refractivity contribution in [1.82, 2.24) is 0 Å². The van der Waals surface area contributed by atoms with E-state index in [0.29, 0.717) is 0 Å². The molecule has 0 fully saturated rings. The molecule has 0 saturated carbocycles. The summed E-state index contributed by atoms with van der Waals surface area (Å²) in [7, 11) is 0. The monoisotopic (exact) mass is 409 g/mol. The maximum Gasteiger partial charge on any atom is 0.0546 e. The molecule has 0 aromatic heterocycles. The number of hydrogen-bond acceptors (Lipinski definition) is 1. The van der Waals surface area contributed by atoms with Crippen LogP contribution in [0, 0.1) is 0 Å². The minimum atomic E-state index is -0.0301. The quantitative estimate of drug-likeness (QED) is 0.263. The molecule has 0 unspecified atom stereocenters. The first-order valence-electron chi connectivity index (χ1n) is 11.3. The molecular formula is C31H23N. The Morgan fingerprint density at radius 3 is 2.09 bits per heavy atom. The maximum absolute atomic E-state index is 2.45. The first-order valence-corrected chi connectivity index (χ1v) is 11.3. The van der Waals surface area contributed by atoms with E-state index in [1.807, 2.05) is 0 Å². The number of rotatable bonds is 1. The number of nitrogens with zero attached hydrogens (tertiary/aromatic N) is 1. The molecular weight excluding hydrogens is 386 g/mol. The first kappa shape index (κ1) is 17.8. The summed E-state index contributed by atoms with van der Waals surface area (Å²) in [5.74, 6) is 0. The Morgan fingerprint density at radius 2 is 1.25 bits per heavy atom. The van der Waals surface area contributed by atoms with E-state index in [9.17, 15) is 0 Å². The van der Waals surface area contributed by atoms with Crippen LogP contribution < -0.4 is 4.90 Å². The van der Waals surface area contributed by atoms with Gasteiger partial charge in [0.2, 0.25) is 0 Å². The van der Waals surface area contributed by atoms with Crippen molar-refractivity contribution in [2.45, 2.75) is 19.3 Å². The molecule has 0 atom stereocenters. The molecule has 7 rings (SSSR count). The van der Waals surface area contributed by atoms with Gasteiger partial charge in [0.1, 0.15) is 0 Å². The van der Waals surface area contributed by atoms with Gasteiger partial charge in [-0.1, -0.05) is 86.6 Å². The molecule has 1 aliphatic heterocycles. The second kappa shape index (κ2) is 6.11. The van der Waals surface area contributed by atoms with Crippen LogP contribution in [-0.2, 0) is 5.41 Å². The van der Waals surface area contributed by atoms with Crippen molar-refractivity contribution in [3.8, 4) is 22.3 Å². The van der Waals surface area contributed by atoms with Gasteiger partial charge in [-0.05, 0) is 63.5 Å². The molecule has 0 amide bonds. The third kappa shape index (κ3) is 2.13. The van der Waals surface area contributed by atoms with Gasteiger partial charge in [-0.3, -0.25) is 0 Å². The van der Waals surface area contributed by atoms with E-state index in [4.69, 9.17) is 0 Å². The largest absolute Gasteiger partial charge is 0.309 e. The fourth-order valence-corrected chi connectivity index (χ4v) is 6.03. The number of fused-ring (bicyclic) bond motifs is 6. The van der Waals surface area contributed by atoms with Crippen molar-refractivity contribution in [2.24, 2.45) is 0 Å². The average molecular weight is 410 g/mol. The van der Waals surface area contributed by atoms with Gasteiger partial charge >= 0.3 is 0 Å². The summed E-state index contributed by atoms with van der Waals surface area (Å²) >= 11 is 0. The molecule has 1 heteroatoms. The molecule has 0 N–H and O–H groups in total. The third-order valence-electron chi connectivity index (χ3n) is 7.35. The predicted octanol–water partition coefficient (Wildman–Crippen LogP) is 8.60. The van der Waals surface area contributed by atoms with Crippen LogP contribution in [0.15, 0.2) is 103 Å². The summed E-state index contributed by atoms with van der Waals surface area (Å²) in [5, 5.41) is 2.72. The number of benzene rings is 5. The molecule has 1 nitrogen and oxygen atoms in total. The molecule has 0 spiro atoms. The van der Waals surface area contributed by atoms with Crippen molar-refractivity contribution >= 4 is 27.8 Å². The number of hydrogen-bond donors (Lipinski definition) is 0. The molecule has 1 aliphatic carbocycles. The minimum Gasteiger partial charge on any atom is -0.309 e. The Morgan fingerprint density at radius 1 is 0.562 bits per heavy atom. The summed E-state index contributed by atoms with van der Waals surface area (Å²) < 4.78 is 0. The van der Waals surface area contributed by atoms with Gasteiger partial charge in [0.05, 0.1) is 11.4 Å². The van der Waals surface area contributed by atoms with Gasteiger partial charge in [-0.25, -0.2) is 0 Å². The van der Waals surface area contributed by atoms with Crippen molar-refractivity contribution in [1.29, 1.82) is 0 Å². The summed E-state index contributed by atoms with van der Waals surface area (Å²) in [5.41, 5.74) is 11.9. The van der Waals surface area contributed by atoms with E-state index in [1.165, 1.54) is 61.2 Å². The maximum atomic E-state index is 2.45. The lowest BCUT2D eigenvalue weighted by molar-refractivity contribution is 0.666. The Hall–Kier alpha value is -3.84. The van der Waals surface area contributed by atoms with Crippen molar-refractivity contribution in [3.63, 3.8) is 0 Å². The van der Waals surface area contributed by atoms with Crippen LogP contribution in [0.1, 0.15) is 25.0 Å². The molecule has 0 bridgehead atoms. The zero-order chi connectivity index (χ0) is 21.4. The van der Waals surface area contributed by atoms with E-state index in [-0.39, 0.29) is 5.41 Å². The third-order valence-corrected chi connectivity index (χ3v) is 7.35. The lowest BCUT2D eigenvalue weighted by atomic mass is 9.78. The standard InChI is InChI=1S/C31H23N/c1-31(2)26-16-8-6-13-21(26)25-19-24-22-14-7-9-17-27(22)32(20-11-4-3-5-12-20)28-18-10-15-23(29(24)28)30(25)31/h3-19H,1-2H3. The Labute approximate surface area is 188 Å². The first-order chi connectivity index (χ1) is 15.7. The smallest absolute Gasteiger partial charge is 0.0546 e. The topological polar surface area (TPSA) is 3.24 Å². The fourth-order valence-electron chi connectivity index (χ4n) is 6.03. The lowest BCUT2D eigenvalue weighted by Gasteiger charge is -2.35. The van der Waals surface area contributed by atoms with Gasteiger partial charge in [-0.15, -0.1) is 0 Å². The second-order valence-electron chi connectivity index (χ2n) is 9.41. The molecule has 0 radical (unpaired) electrons. The highest BCUT2D eigenvalue weighted by molar-refractivity contribution is 6.17. The predicted molar refractivity (Wildman–Crippen MR) is 135 cm³/mol. The molecule has 152 valence electrons. The normalized spacial score (nSPS) is 14.8. The van der Waals surface area contributed by atoms with Crippen LogP contribution in [0.25, 0.3) is 33.0 Å². The Balaban J connectivity index is 1.66. The van der Waals surface area contributed by atoms with E-state index < -0.39 is 0 Å². The van der Waals surface area contributed by atoms with Crippen molar-refractivity contribution < 1.29 is 0 Å². The van der Waals surface area contributed by atoms with Crippen molar-refractivity contribution in [2.75, 3.05) is 4.90 Å². The Kier molecular flexibility index (Phi) is 3.40. The van der Waals surface area contributed by atoms with Crippen LogP contribution in [0.5, 0.6) is 0 Å². The van der Waals surface area contributed by atoms with Gasteiger partial charge in [0.15, 0.2) is 0 Å². The van der Waals surface area contributed by atoms with Crippen LogP contribution in [0.2, 0.25) is 0 Å². The van der Waals surface area contributed by atoms with E-state index in [0.717, 1.165) is 0 Å². The van der Waals surface area contributed by atoms with Crippen LogP contribution >= 0.6 is 0 Å². The zero-order valence-electron chi connectivity index (χ0n) is 18.3. The van der Waals surface area contributed by atoms with Crippen LogP contribution in [0.3, 0.4) is 0 Å². The van der Waals surface area contributed by atoms with Gasteiger partial charge in [0, 0.05) is 22.1 Å². The minimum absolute atomic E-state index is 0.0301. The summed E-state index contributed by atoms with van der Waals surface area (Å²) in [6.07, 6.45) is 0. The summed E-state index contributed by atoms with van der Waals surface area (Å²) in [6, 6.07) is 37.8. The SMILES string of the molecule is CC1(C)c2ccccc2-c2cc3c4c(cccc4c21)N(c1ccccc1)c1ccccc1-3. The second-order valence-corrected chi connectivity index (χ2v) is 9.41. The highest BCUT2D eigenvalue weighted by atomic mass is 15.2. The van der Waals surface area contributed by atoms with E-state index >= 15 is 0 Å². The Bertz CT molecular complexity index is 1540. The van der Waals surface area contributed by atoms with Crippen molar-refractivity contribution in [3.05, 3.63) is 114 Å². The average Bonchev–Trinajstić information content (AvgIpc) is 3.07. The van der Waals surface area contributed by atoms with Crippen LogP contribution in [-0.4, -0.2) is 0 Å². The molecule has 5 aromatic carbocycles. The van der Waals surface area contributed by atoms with E-state index in [1.54, 1.807) is 0 Å². The molecule has 1 heterocycles. The zero-order valence-corrected chi connectivity index (χ0v) is 18.3. The van der Waals surface area contributed by atoms with Gasteiger partial charge in [-0.2, -0.15) is 0 Å². The highest BCUT2D eigenvalue weighted by Gasteiger charge is 2.39. The summed E-state index contributed by atoms with van der Waals surface area (Å²) in [4.78, 5) is 2.42. The molecule has 32 heavy (non-hydrogen) atoms. The van der Waals surface area contributed by atoms with Crippen LogP contribution in [0.4, 0.5) is 17.1 Å². The lowest BCUT2D eigenvalue weighted by Crippen LogP contribution is -2.18. The molecule has 2 aliphatic rings. The highest BCUT2D eigenvalue weighted by Crippen LogP contribution is 2.57. The number of para-hydroxylation sites is 2.